The molecule has 0 saturated carbocycles. The van der Waals surface area contributed by atoms with Crippen LogP contribution in [0.3, 0.4) is 0 Å². The van der Waals surface area contributed by atoms with Gasteiger partial charge in [0.2, 0.25) is 5.91 Å². The molecule has 1 amide bonds. The third-order valence-corrected chi connectivity index (χ3v) is 3.96. The number of carbonyl (C=O) groups is 1. The monoisotopic (exact) mass is 242 g/mol. The minimum atomic E-state index is -0.473. The Hall–Kier alpha value is -0.650. The second-order valence-corrected chi connectivity index (χ2v) is 5.24. The number of aliphatic hydroxyl groups excluding tert-OH is 1. The lowest BCUT2D eigenvalue weighted by Crippen LogP contribution is -2.58. The molecule has 2 aliphatic rings. The highest BCUT2D eigenvalue weighted by atomic mass is 16.5. The number of rotatable bonds is 3. The van der Waals surface area contributed by atoms with Gasteiger partial charge in [0.05, 0.1) is 18.2 Å². The lowest BCUT2D eigenvalue weighted by molar-refractivity contribution is -0.127. The molecule has 0 spiro atoms. The molecule has 2 aliphatic heterocycles. The molecule has 5 nitrogen and oxygen atoms in total. The maximum atomic E-state index is 12.2. The van der Waals surface area contributed by atoms with E-state index in [4.69, 9.17) is 4.74 Å². The normalized spacial score (nSPS) is 32.4. The van der Waals surface area contributed by atoms with Crippen molar-refractivity contribution in [2.75, 3.05) is 26.4 Å². The van der Waals surface area contributed by atoms with Gasteiger partial charge in [-0.25, -0.2) is 0 Å². The Bertz CT molecular complexity index is 277. The Kier molecular flexibility index (Phi) is 4.01. The van der Waals surface area contributed by atoms with Crippen molar-refractivity contribution < 1.29 is 14.6 Å². The zero-order valence-electron chi connectivity index (χ0n) is 10.4. The molecule has 0 aliphatic carbocycles. The van der Waals surface area contributed by atoms with E-state index in [9.17, 15) is 9.90 Å². The van der Waals surface area contributed by atoms with Gasteiger partial charge in [-0.2, -0.15) is 0 Å². The van der Waals surface area contributed by atoms with Gasteiger partial charge < -0.3 is 20.5 Å². The molecule has 0 radical (unpaired) electrons. The molecule has 17 heavy (non-hydrogen) atoms. The van der Waals surface area contributed by atoms with Crippen LogP contribution in [0.25, 0.3) is 0 Å². The molecule has 2 fully saturated rings. The smallest absolute Gasteiger partial charge is 0.237 e. The number of aliphatic hydroxyl groups is 1. The van der Waals surface area contributed by atoms with Crippen molar-refractivity contribution in [3.05, 3.63) is 0 Å². The zero-order chi connectivity index (χ0) is 12.3. The Morgan fingerprint density at radius 3 is 2.76 bits per heavy atom. The molecule has 0 bridgehead atoms. The second kappa shape index (κ2) is 5.33. The number of carbonyl (C=O) groups excluding carboxylic acids is 1. The predicted molar refractivity (Wildman–Crippen MR) is 63.6 cm³/mol. The van der Waals surface area contributed by atoms with E-state index in [0.29, 0.717) is 32.0 Å². The first-order chi connectivity index (χ1) is 8.17. The lowest BCUT2D eigenvalue weighted by Gasteiger charge is -2.37. The van der Waals surface area contributed by atoms with Crippen molar-refractivity contribution in [2.24, 2.45) is 5.92 Å². The summed E-state index contributed by atoms with van der Waals surface area (Å²) in [5.74, 6) is 0.386. The summed E-state index contributed by atoms with van der Waals surface area (Å²) in [5, 5.41) is 15.7. The van der Waals surface area contributed by atoms with Crippen LogP contribution >= 0.6 is 0 Å². The summed E-state index contributed by atoms with van der Waals surface area (Å²) in [6.07, 6.45) is 2.42. The quantitative estimate of drug-likeness (QED) is 0.632. The molecule has 0 aromatic heterocycles. The van der Waals surface area contributed by atoms with Gasteiger partial charge in [-0.3, -0.25) is 4.79 Å². The van der Waals surface area contributed by atoms with E-state index in [-0.39, 0.29) is 18.6 Å². The summed E-state index contributed by atoms with van der Waals surface area (Å²) in [4.78, 5) is 12.2. The van der Waals surface area contributed by atoms with Crippen LogP contribution < -0.4 is 10.6 Å². The largest absolute Gasteiger partial charge is 0.394 e. The van der Waals surface area contributed by atoms with Gasteiger partial charge in [-0.1, -0.05) is 6.92 Å². The summed E-state index contributed by atoms with van der Waals surface area (Å²) < 4.78 is 5.28. The fraction of sp³-hybridized carbons (Fsp3) is 0.917. The summed E-state index contributed by atoms with van der Waals surface area (Å²) in [7, 11) is 0. The van der Waals surface area contributed by atoms with Crippen molar-refractivity contribution >= 4 is 5.91 Å². The third-order valence-electron chi connectivity index (χ3n) is 3.96. The van der Waals surface area contributed by atoms with Crippen molar-refractivity contribution in [1.82, 2.24) is 10.6 Å². The van der Waals surface area contributed by atoms with Crippen LogP contribution in [0.15, 0.2) is 0 Å². The van der Waals surface area contributed by atoms with Crippen molar-refractivity contribution in [1.29, 1.82) is 0 Å². The van der Waals surface area contributed by atoms with Crippen LogP contribution in [0.1, 0.15) is 26.2 Å². The standard InChI is InChI=1S/C12H22N2O3/c1-9-2-5-13-10(9)11(16)14-12(8-15)3-6-17-7-4-12/h9-10,13,15H,2-8H2,1H3,(H,14,16). The number of nitrogens with one attached hydrogen (secondary N) is 2. The zero-order valence-corrected chi connectivity index (χ0v) is 10.4. The highest BCUT2D eigenvalue weighted by Gasteiger charge is 2.37. The van der Waals surface area contributed by atoms with E-state index in [2.05, 4.69) is 17.6 Å². The van der Waals surface area contributed by atoms with Gasteiger partial charge in [-0.15, -0.1) is 0 Å². The van der Waals surface area contributed by atoms with Crippen LogP contribution in [0, 0.1) is 5.92 Å². The molecule has 0 aromatic rings. The lowest BCUT2D eigenvalue weighted by atomic mass is 9.90. The van der Waals surface area contributed by atoms with E-state index in [0.717, 1.165) is 13.0 Å². The molecule has 0 aromatic carbocycles. The van der Waals surface area contributed by atoms with Crippen LogP contribution in [0.4, 0.5) is 0 Å². The van der Waals surface area contributed by atoms with Gasteiger partial charge in [0.15, 0.2) is 0 Å². The van der Waals surface area contributed by atoms with Crippen LogP contribution in [0.2, 0.25) is 0 Å². The van der Waals surface area contributed by atoms with Gasteiger partial charge >= 0.3 is 0 Å². The number of ether oxygens (including phenoxy) is 1. The fourth-order valence-corrected chi connectivity index (χ4v) is 2.61. The van der Waals surface area contributed by atoms with Gasteiger partial charge in [-0.05, 0) is 31.7 Å². The first-order valence-electron chi connectivity index (χ1n) is 6.41. The maximum absolute atomic E-state index is 12.2. The van der Waals surface area contributed by atoms with Gasteiger partial charge in [0.25, 0.3) is 0 Å². The minimum Gasteiger partial charge on any atom is -0.394 e. The maximum Gasteiger partial charge on any atom is 0.237 e. The fourth-order valence-electron chi connectivity index (χ4n) is 2.61. The van der Waals surface area contributed by atoms with E-state index in [1.165, 1.54) is 0 Å². The Morgan fingerprint density at radius 1 is 1.53 bits per heavy atom. The van der Waals surface area contributed by atoms with E-state index in [1.807, 2.05) is 0 Å². The van der Waals surface area contributed by atoms with E-state index >= 15 is 0 Å². The molecule has 2 atom stereocenters. The topological polar surface area (TPSA) is 70.6 Å². The highest BCUT2D eigenvalue weighted by molar-refractivity contribution is 5.83. The average Bonchev–Trinajstić information content (AvgIpc) is 2.77. The number of hydrogen-bond donors (Lipinski definition) is 3. The Morgan fingerprint density at radius 2 is 2.24 bits per heavy atom. The summed E-state index contributed by atoms with van der Waals surface area (Å²) in [6, 6.07) is -0.110. The Labute approximate surface area is 102 Å². The summed E-state index contributed by atoms with van der Waals surface area (Å²) >= 11 is 0. The Balaban J connectivity index is 1.95. The summed E-state index contributed by atoms with van der Waals surface area (Å²) in [6.45, 7) is 4.18. The molecule has 2 heterocycles. The van der Waals surface area contributed by atoms with Crippen LogP contribution in [-0.2, 0) is 9.53 Å². The number of hydrogen-bond acceptors (Lipinski definition) is 4. The van der Waals surface area contributed by atoms with Gasteiger partial charge in [0, 0.05) is 13.2 Å². The second-order valence-electron chi connectivity index (χ2n) is 5.24. The minimum absolute atomic E-state index is 0.0107. The van der Waals surface area contributed by atoms with Crippen molar-refractivity contribution in [3.8, 4) is 0 Å². The molecule has 5 heteroatoms. The molecular weight excluding hydrogens is 220 g/mol. The molecule has 3 N–H and O–H groups in total. The average molecular weight is 242 g/mol. The molecule has 2 unspecified atom stereocenters. The molecule has 98 valence electrons. The van der Waals surface area contributed by atoms with Crippen molar-refractivity contribution in [3.63, 3.8) is 0 Å². The van der Waals surface area contributed by atoms with E-state index in [1.54, 1.807) is 0 Å². The third kappa shape index (κ3) is 2.78. The highest BCUT2D eigenvalue weighted by Crippen LogP contribution is 2.22. The molecule has 2 saturated heterocycles. The first-order valence-corrected chi connectivity index (χ1v) is 6.41. The SMILES string of the molecule is CC1CCNC1C(=O)NC1(CO)CCOCC1. The van der Waals surface area contributed by atoms with Gasteiger partial charge in [0.1, 0.15) is 0 Å². The summed E-state index contributed by atoms with van der Waals surface area (Å²) in [5.41, 5.74) is -0.473. The van der Waals surface area contributed by atoms with Crippen molar-refractivity contribution in [2.45, 2.75) is 37.8 Å². The van der Waals surface area contributed by atoms with Crippen LogP contribution in [0.5, 0.6) is 0 Å². The molecule has 2 rings (SSSR count). The van der Waals surface area contributed by atoms with Crippen LogP contribution in [-0.4, -0.2) is 49.0 Å². The van der Waals surface area contributed by atoms with E-state index < -0.39 is 5.54 Å². The first kappa shape index (κ1) is 12.8. The molecular formula is C12H22N2O3. The number of amides is 1. The predicted octanol–water partition coefficient (Wildman–Crippen LogP) is -0.358.